The number of nitrogens with zero attached hydrogens (tertiary/aromatic N) is 2. The average Bonchev–Trinajstić information content (AvgIpc) is 2.29. The summed E-state index contributed by atoms with van der Waals surface area (Å²) in [6.07, 6.45) is 0. The van der Waals surface area contributed by atoms with Crippen molar-refractivity contribution in [1.82, 2.24) is 10.3 Å². The number of carbonyl (C=O) groups is 1. The summed E-state index contributed by atoms with van der Waals surface area (Å²) < 4.78 is 0. The third kappa shape index (κ3) is 4.47. The van der Waals surface area contributed by atoms with Crippen LogP contribution in [0.3, 0.4) is 0 Å². The fourth-order valence-electron chi connectivity index (χ4n) is 1.41. The summed E-state index contributed by atoms with van der Waals surface area (Å²) in [5.74, 6) is 0.312. The van der Waals surface area contributed by atoms with Gasteiger partial charge in [0.1, 0.15) is 17.9 Å². The Kier molecular flexibility index (Phi) is 4.33. The smallest absolute Gasteiger partial charge is 0.242 e. The molecule has 1 unspecified atom stereocenters. The molecule has 0 bridgehead atoms. The second-order valence-electron chi connectivity index (χ2n) is 5.35. The summed E-state index contributed by atoms with van der Waals surface area (Å²) in [4.78, 5) is 15.9. The SMILES string of the molecule is CC(Nc1ccc(N)c(C#N)n1)C(=O)NC(C)(C)C. The number of hydrogen-bond acceptors (Lipinski definition) is 5. The molecule has 6 nitrogen and oxygen atoms in total. The van der Waals surface area contributed by atoms with Gasteiger partial charge in [0.05, 0.1) is 5.69 Å². The highest BCUT2D eigenvalue weighted by atomic mass is 16.2. The zero-order valence-corrected chi connectivity index (χ0v) is 11.6. The molecular formula is C13H19N5O. The number of hydrogen-bond donors (Lipinski definition) is 3. The Morgan fingerprint density at radius 2 is 2.11 bits per heavy atom. The Morgan fingerprint density at radius 3 is 2.63 bits per heavy atom. The van der Waals surface area contributed by atoms with Crippen LogP contribution >= 0.6 is 0 Å². The first kappa shape index (κ1) is 14.8. The number of nitrogens with one attached hydrogen (secondary N) is 2. The van der Waals surface area contributed by atoms with Crippen molar-refractivity contribution in [3.8, 4) is 6.07 Å². The van der Waals surface area contributed by atoms with Crippen LogP contribution in [0, 0.1) is 11.3 Å². The summed E-state index contributed by atoms with van der Waals surface area (Å²) in [6, 6.07) is 4.66. The number of anilines is 2. The minimum Gasteiger partial charge on any atom is -0.396 e. The molecule has 0 spiro atoms. The van der Waals surface area contributed by atoms with Crippen LogP contribution < -0.4 is 16.4 Å². The second-order valence-corrected chi connectivity index (χ2v) is 5.35. The molecule has 0 fully saturated rings. The molecule has 1 amide bonds. The summed E-state index contributed by atoms with van der Waals surface area (Å²) in [5.41, 5.74) is 5.76. The number of rotatable bonds is 3. The van der Waals surface area contributed by atoms with E-state index in [4.69, 9.17) is 11.0 Å². The Hall–Kier alpha value is -2.29. The maximum Gasteiger partial charge on any atom is 0.242 e. The third-order valence-corrected chi connectivity index (χ3v) is 2.29. The van der Waals surface area contributed by atoms with Crippen molar-refractivity contribution in [2.75, 3.05) is 11.1 Å². The van der Waals surface area contributed by atoms with Gasteiger partial charge in [-0.1, -0.05) is 0 Å². The fraction of sp³-hybridized carbons (Fsp3) is 0.462. The molecule has 0 aromatic carbocycles. The highest BCUT2D eigenvalue weighted by molar-refractivity contribution is 5.84. The van der Waals surface area contributed by atoms with Gasteiger partial charge in [-0.25, -0.2) is 4.98 Å². The van der Waals surface area contributed by atoms with Crippen LogP contribution in [-0.4, -0.2) is 22.5 Å². The van der Waals surface area contributed by atoms with E-state index >= 15 is 0 Å². The van der Waals surface area contributed by atoms with E-state index in [0.29, 0.717) is 11.5 Å². The zero-order chi connectivity index (χ0) is 14.6. The Bertz CT molecular complexity index is 513. The molecule has 6 heteroatoms. The van der Waals surface area contributed by atoms with Gasteiger partial charge < -0.3 is 16.4 Å². The van der Waals surface area contributed by atoms with Crippen molar-refractivity contribution in [2.45, 2.75) is 39.3 Å². The number of nitrogens with two attached hydrogens (primary N) is 1. The van der Waals surface area contributed by atoms with Gasteiger partial charge in [-0.05, 0) is 39.8 Å². The van der Waals surface area contributed by atoms with Gasteiger partial charge >= 0.3 is 0 Å². The Balaban J connectivity index is 2.75. The van der Waals surface area contributed by atoms with Gasteiger partial charge in [0, 0.05) is 5.54 Å². The number of pyridine rings is 1. The third-order valence-electron chi connectivity index (χ3n) is 2.29. The number of aromatic nitrogens is 1. The Morgan fingerprint density at radius 1 is 1.47 bits per heavy atom. The van der Waals surface area contributed by atoms with Crippen molar-refractivity contribution in [3.05, 3.63) is 17.8 Å². The molecule has 0 aliphatic carbocycles. The largest absolute Gasteiger partial charge is 0.396 e. The van der Waals surface area contributed by atoms with E-state index in [-0.39, 0.29) is 17.1 Å². The molecule has 1 aromatic heterocycles. The van der Waals surface area contributed by atoms with Gasteiger partial charge in [-0.2, -0.15) is 5.26 Å². The predicted molar refractivity (Wildman–Crippen MR) is 74.3 cm³/mol. The van der Waals surface area contributed by atoms with Gasteiger partial charge in [-0.15, -0.1) is 0 Å². The number of amides is 1. The first-order chi connectivity index (χ1) is 8.73. The fourth-order valence-corrected chi connectivity index (χ4v) is 1.41. The number of nitriles is 1. The van der Waals surface area contributed by atoms with Crippen LogP contribution in [-0.2, 0) is 4.79 Å². The molecule has 19 heavy (non-hydrogen) atoms. The lowest BCUT2D eigenvalue weighted by molar-refractivity contribution is -0.122. The molecule has 0 saturated heterocycles. The Labute approximate surface area is 113 Å². The van der Waals surface area contributed by atoms with Crippen LogP contribution in [0.5, 0.6) is 0 Å². The first-order valence-electron chi connectivity index (χ1n) is 5.98. The van der Waals surface area contributed by atoms with Crippen molar-refractivity contribution in [1.29, 1.82) is 5.26 Å². The van der Waals surface area contributed by atoms with E-state index in [9.17, 15) is 4.79 Å². The van der Waals surface area contributed by atoms with Crippen molar-refractivity contribution in [3.63, 3.8) is 0 Å². The molecule has 0 radical (unpaired) electrons. The summed E-state index contributed by atoms with van der Waals surface area (Å²) in [5, 5.41) is 14.6. The lowest BCUT2D eigenvalue weighted by atomic mass is 10.1. The lowest BCUT2D eigenvalue weighted by Crippen LogP contribution is -2.47. The summed E-state index contributed by atoms with van der Waals surface area (Å²) in [7, 11) is 0. The molecule has 0 aliphatic rings. The zero-order valence-electron chi connectivity index (χ0n) is 11.6. The molecule has 1 rings (SSSR count). The minimum atomic E-state index is -0.457. The monoisotopic (exact) mass is 261 g/mol. The van der Waals surface area contributed by atoms with Crippen LogP contribution in [0.1, 0.15) is 33.4 Å². The van der Waals surface area contributed by atoms with E-state index < -0.39 is 6.04 Å². The van der Waals surface area contributed by atoms with Crippen molar-refractivity contribution in [2.24, 2.45) is 0 Å². The molecule has 0 aliphatic heterocycles. The summed E-state index contributed by atoms with van der Waals surface area (Å²) in [6.45, 7) is 7.46. The van der Waals surface area contributed by atoms with Crippen molar-refractivity contribution >= 4 is 17.4 Å². The van der Waals surface area contributed by atoms with E-state index in [1.165, 1.54) is 0 Å². The summed E-state index contributed by atoms with van der Waals surface area (Å²) >= 11 is 0. The highest BCUT2D eigenvalue weighted by Crippen LogP contribution is 2.13. The van der Waals surface area contributed by atoms with E-state index in [1.54, 1.807) is 19.1 Å². The normalized spacial score (nSPS) is 12.4. The van der Waals surface area contributed by atoms with E-state index in [2.05, 4.69) is 15.6 Å². The van der Waals surface area contributed by atoms with Crippen LogP contribution in [0.15, 0.2) is 12.1 Å². The molecule has 1 heterocycles. The molecule has 4 N–H and O–H groups in total. The quantitative estimate of drug-likeness (QED) is 0.759. The first-order valence-corrected chi connectivity index (χ1v) is 5.98. The predicted octanol–water partition coefficient (Wildman–Crippen LogP) is 1.25. The second kappa shape index (κ2) is 5.57. The lowest BCUT2D eigenvalue weighted by Gasteiger charge is -2.23. The molecular weight excluding hydrogens is 242 g/mol. The van der Waals surface area contributed by atoms with Crippen LogP contribution in [0.25, 0.3) is 0 Å². The maximum atomic E-state index is 11.9. The van der Waals surface area contributed by atoms with Crippen LogP contribution in [0.2, 0.25) is 0 Å². The van der Waals surface area contributed by atoms with Gasteiger partial charge in [0.2, 0.25) is 5.91 Å². The average molecular weight is 261 g/mol. The maximum absolute atomic E-state index is 11.9. The highest BCUT2D eigenvalue weighted by Gasteiger charge is 2.19. The number of nitrogen functional groups attached to an aromatic ring is 1. The number of carbonyl (C=O) groups excluding carboxylic acids is 1. The molecule has 0 saturated carbocycles. The van der Waals surface area contributed by atoms with Gasteiger partial charge in [0.25, 0.3) is 0 Å². The minimum absolute atomic E-state index is 0.135. The molecule has 1 aromatic rings. The molecule has 102 valence electrons. The standard InChI is InChI=1S/C13H19N5O/c1-8(12(19)18-13(2,3)4)16-11-6-5-9(15)10(7-14)17-11/h5-6,8H,15H2,1-4H3,(H,16,17)(H,18,19). The van der Waals surface area contributed by atoms with Crippen LogP contribution in [0.4, 0.5) is 11.5 Å². The molecule has 1 atom stereocenters. The van der Waals surface area contributed by atoms with Gasteiger partial charge in [0.15, 0.2) is 5.69 Å². The van der Waals surface area contributed by atoms with E-state index in [0.717, 1.165) is 0 Å². The van der Waals surface area contributed by atoms with Crippen molar-refractivity contribution < 1.29 is 4.79 Å². The van der Waals surface area contributed by atoms with E-state index in [1.807, 2.05) is 26.8 Å². The topological polar surface area (TPSA) is 104 Å². The van der Waals surface area contributed by atoms with Gasteiger partial charge in [-0.3, -0.25) is 4.79 Å².